The second kappa shape index (κ2) is 7.30. The molecule has 8 heteroatoms. The number of carbonyl (C=O) groups is 1. The Morgan fingerprint density at radius 3 is 2.61 bits per heavy atom. The van der Waals surface area contributed by atoms with Crippen LogP contribution in [-0.4, -0.2) is 49.6 Å². The Labute approximate surface area is 185 Å². The molecule has 0 bridgehead atoms. The van der Waals surface area contributed by atoms with Crippen LogP contribution in [0.1, 0.15) is 22.3 Å². The van der Waals surface area contributed by atoms with E-state index < -0.39 is 0 Å². The number of fused-ring (bicyclic) bond motifs is 2. The Balaban J connectivity index is 1.21. The van der Waals surface area contributed by atoms with E-state index >= 15 is 0 Å². The predicted octanol–water partition coefficient (Wildman–Crippen LogP) is 3.59. The molecule has 31 heavy (non-hydrogen) atoms. The van der Waals surface area contributed by atoms with Gasteiger partial charge in [0, 0.05) is 18.3 Å². The molecule has 158 valence electrons. The van der Waals surface area contributed by atoms with Crippen molar-refractivity contribution in [3.05, 3.63) is 66.0 Å². The SMILES string of the molecule is Cc1ccc(-n2nccn2)c(C(=O)N2CC3CC3C2CSC2Nc3ccccc3N2)c1. The van der Waals surface area contributed by atoms with Crippen molar-refractivity contribution in [2.75, 3.05) is 22.9 Å². The summed E-state index contributed by atoms with van der Waals surface area (Å²) in [5.74, 6) is 2.26. The molecule has 1 aromatic heterocycles. The van der Waals surface area contributed by atoms with Crippen LogP contribution >= 0.6 is 11.8 Å². The molecule has 1 saturated heterocycles. The smallest absolute Gasteiger partial charge is 0.256 e. The van der Waals surface area contributed by atoms with Gasteiger partial charge in [-0.1, -0.05) is 23.8 Å². The van der Waals surface area contributed by atoms with E-state index in [1.807, 2.05) is 49.0 Å². The van der Waals surface area contributed by atoms with Gasteiger partial charge >= 0.3 is 0 Å². The lowest BCUT2D eigenvalue weighted by molar-refractivity contribution is 0.0722. The van der Waals surface area contributed by atoms with E-state index in [1.165, 1.54) is 11.2 Å². The van der Waals surface area contributed by atoms with Crippen molar-refractivity contribution in [3.63, 3.8) is 0 Å². The molecule has 6 rings (SSSR count). The van der Waals surface area contributed by atoms with Crippen molar-refractivity contribution < 1.29 is 4.79 Å². The molecule has 7 nitrogen and oxygen atoms in total. The number of para-hydroxylation sites is 2. The maximum absolute atomic E-state index is 13.7. The van der Waals surface area contributed by atoms with Gasteiger partial charge in [-0.25, -0.2) is 0 Å². The highest BCUT2D eigenvalue weighted by atomic mass is 32.2. The molecule has 1 amide bonds. The van der Waals surface area contributed by atoms with Crippen molar-refractivity contribution in [2.45, 2.75) is 24.9 Å². The zero-order chi connectivity index (χ0) is 20.9. The third-order valence-corrected chi connectivity index (χ3v) is 7.62. The minimum Gasteiger partial charge on any atom is -0.355 e. The first-order chi connectivity index (χ1) is 15.2. The quantitative estimate of drug-likeness (QED) is 0.642. The number of aryl methyl sites for hydroxylation is 1. The molecular formula is C23H24N6OS. The van der Waals surface area contributed by atoms with Crippen LogP contribution in [-0.2, 0) is 0 Å². The molecule has 3 atom stereocenters. The van der Waals surface area contributed by atoms with Gasteiger partial charge in [-0.3, -0.25) is 4.79 Å². The van der Waals surface area contributed by atoms with Crippen molar-refractivity contribution in [1.29, 1.82) is 0 Å². The lowest BCUT2D eigenvalue weighted by atomic mass is 10.1. The number of thioether (sulfide) groups is 1. The fourth-order valence-corrected chi connectivity index (χ4v) is 6.08. The van der Waals surface area contributed by atoms with Crippen LogP contribution in [0.3, 0.4) is 0 Å². The summed E-state index contributed by atoms with van der Waals surface area (Å²) in [5, 5.41) is 15.6. The van der Waals surface area contributed by atoms with Crippen LogP contribution in [0.5, 0.6) is 0 Å². The van der Waals surface area contributed by atoms with E-state index in [-0.39, 0.29) is 17.4 Å². The van der Waals surface area contributed by atoms with E-state index in [2.05, 4.69) is 37.9 Å². The van der Waals surface area contributed by atoms with Gasteiger partial charge in [0.05, 0.1) is 35.0 Å². The molecule has 3 aromatic rings. The number of nitrogens with zero attached hydrogens (tertiary/aromatic N) is 4. The van der Waals surface area contributed by atoms with Crippen molar-refractivity contribution >= 4 is 29.0 Å². The first kappa shape index (κ1) is 18.7. The Hall–Kier alpha value is -3.00. The van der Waals surface area contributed by atoms with Crippen molar-refractivity contribution in [3.8, 4) is 5.69 Å². The molecule has 3 unspecified atom stereocenters. The summed E-state index contributed by atoms with van der Waals surface area (Å²) >= 11 is 1.84. The van der Waals surface area contributed by atoms with E-state index in [1.54, 1.807) is 12.4 Å². The summed E-state index contributed by atoms with van der Waals surface area (Å²) in [6.07, 6.45) is 4.51. The number of hydrogen-bond acceptors (Lipinski definition) is 6. The summed E-state index contributed by atoms with van der Waals surface area (Å²) in [6, 6.07) is 14.4. The van der Waals surface area contributed by atoms with Crippen LogP contribution in [0.4, 0.5) is 11.4 Å². The van der Waals surface area contributed by atoms with Gasteiger partial charge in [-0.15, -0.1) is 11.8 Å². The summed E-state index contributed by atoms with van der Waals surface area (Å²) in [6.45, 7) is 2.86. The monoisotopic (exact) mass is 432 g/mol. The summed E-state index contributed by atoms with van der Waals surface area (Å²) in [4.78, 5) is 17.3. The summed E-state index contributed by atoms with van der Waals surface area (Å²) in [7, 11) is 0. The average Bonchev–Trinajstić information content (AvgIpc) is 3.17. The Morgan fingerprint density at radius 2 is 1.87 bits per heavy atom. The van der Waals surface area contributed by atoms with Crippen molar-refractivity contribution in [1.82, 2.24) is 19.9 Å². The highest BCUT2D eigenvalue weighted by Crippen LogP contribution is 2.51. The molecule has 1 aliphatic carbocycles. The third kappa shape index (κ3) is 3.35. The van der Waals surface area contributed by atoms with Crippen molar-refractivity contribution in [2.24, 2.45) is 11.8 Å². The van der Waals surface area contributed by atoms with Gasteiger partial charge in [0.15, 0.2) is 0 Å². The van der Waals surface area contributed by atoms with Crippen LogP contribution in [0.25, 0.3) is 5.69 Å². The first-order valence-corrected chi connectivity index (χ1v) is 11.7. The minimum absolute atomic E-state index is 0.0874. The van der Waals surface area contributed by atoms with Gasteiger partial charge in [0.2, 0.25) is 0 Å². The molecule has 1 saturated carbocycles. The Kier molecular flexibility index (Phi) is 4.41. The Morgan fingerprint density at radius 1 is 1.13 bits per heavy atom. The zero-order valence-corrected chi connectivity index (χ0v) is 18.0. The number of hydrogen-bond donors (Lipinski definition) is 2. The molecule has 2 aliphatic heterocycles. The number of amides is 1. The summed E-state index contributed by atoms with van der Waals surface area (Å²) < 4.78 is 0. The van der Waals surface area contributed by atoms with Gasteiger partial charge in [0.1, 0.15) is 5.50 Å². The topological polar surface area (TPSA) is 75.1 Å². The van der Waals surface area contributed by atoms with Gasteiger partial charge in [-0.2, -0.15) is 15.0 Å². The highest BCUT2D eigenvalue weighted by Gasteiger charge is 2.54. The lowest BCUT2D eigenvalue weighted by Gasteiger charge is -2.29. The molecule has 3 heterocycles. The third-order valence-electron chi connectivity index (χ3n) is 6.51. The maximum atomic E-state index is 13.7. The number of anilines is 2. The second-order valence-electron chi connectivity index (χ2n) is 8.57. The average molecular weight is 433 g/mol. The normalized spacial score (nSPS) is 23.8. The van der Waals surface area contributed by atoms with Gasteiger partial charge in [-0.05, 0) is 49.4 Å². The minimum atomic E-state index is 0.0874. The van der Waals surface area contributed by atoms with E-state index in [0.717, 1.165) is 34.9 Å². The van der Waals surface area contributed by atoms with Gasteiger partial charge < -0.3 is 15.5 Å². The number of piperidine rings is 1. The fraction of sp³-hybridized carbons (Fsp3) is 0.348. The second-order valence-corrected chi connectivity index (χ2v) is 9.71. The number of rotatable bonds is 5. The molecule has 3 aliphatic rings. The van der Waals surface area contributed by atoms with E-state index in [4.69, 9.17) is 0 Å². The molecular weight excluding hydrogens is 408 g/mol. The van der Waals surface area contributed by atoms with Crippen LogP contribution < -0.4 is 10.6 Å². The standard InChI is InChI=1S/C23H24N6OS/c1-14-6-7-20(29-24-8-9-25-29)17(10-14)22(30)28-12-15-11-16(15)21(28)13-31-23-26-18-4-2-3-5-19(18)27-23/h2-10,15-16,21,23,26-27H,11-13H2,1H3. The Bertz CT molecular complexity index is 1110. The number of nitrogens with one attached hydrogen (secondary N) is 2. The zero-order valence-electron chi connectivity index (χ0n) is 17.2. The number of aromatic nitrogens is 3. The number of likely N-dealkylation sites (tertiary alicyclic amines) is 1. The van der Waals surface area contributed by atoms with E-state index in [9.17, 15) is 4.79 Å². The highest BCUT2D eigenvalue weighted by molar-refractivity contribution is 8.00. The summed E-state index contributed by atoms with van der Waals surface area (Å²) in [5.41, 5.74) is 4.89. The number of benzene rings is 2. The maximum Gasteiger partial charge on any atom is 0.256 e. The fourth-order valence-electron chi connectivity index (χ4n) is 4.84. The molecule has 0 radical (unpaired) electrons. The van der Waals surface area contributed by atoms with Crippen LogP contribution in [0.2, 0.25) is 0 Å². The van der Waals surface area contributed by atoms with E-state index in [0.29, 0.717) is 17.4 Å². The molecule has 2 N–H and O–H groups in total. The van der Waals surface area contributed by atoms with Gasteiger partial charge in [0.25, 0.3) is 5.91 Å². The van der Waals surface area contributed by atoms with Crippen LogP contribution in [0, 0.1) is 18.8 Å². The van der Waals surface area contributed by atoms with Crippen LogP contribution in [0.15, 0.2) is 54.9 Å². The predicted molar refractivity (Wildman–Crippen MR) is 122 cm³/mol. The molecule has 0 spiro atoms. The first-order valence-electron chi connectivity index (χ1n) is 10.7. The molecule has 2 fully saturated rings. The lowest BCUT2D eigenvalue weighted by Crippen LogP contribution is -2.41. The largest absolute Gasteiger partial charge is 0.355 e. The number of carbonyl (C=O) groups excluding carboxylic acids is 1. The molecule has 2 aromatic carbocycles.